The molecule has 2 saturated heterocycles. The number of benzene rings is 1. The van der Waals surface area contributed by atoms with Crippen LogP contribution < -0.4 is 9.47 Å². The van der Waals surface area contributed by atoms with Crippen molar-refractivity contribution in [2.24, 2.45) is 11.3 Å². The third-order valence-electron chi connectivity index (χ3n) is 7.35. The van der Waals surface area contributed by atoms with Gasteiger partial charge < -0.3 is 19.1 Å². The summed E-state index contributed by atoms with van der Waals surface area (Å²) in [5, 5.41) is 0. The largest absolute Gasteiger partial charge is 0.490 e. The van der Waals surface area contributed by atoms with Crippen molar-refractivity contribution in [2.75, 3.05) is 26.3 Å². The van der Waals surface area contributed by atoms with Gasteiger partial charge in [-0.05, 0) is 51.5 Å². The highest BCUT2D eigenvalue weighted by Crippen LogP contribution is 2.57. The van der Waals surface area contributed by atoms with Gasteiger partial charge in [0.2, 0.25) is 0 Å². The zero-order valence-electron chi connectivity index (χ0n) is 19.0. The van der Waals surface area contributed by atoms with Gasteiger partial charge in [-0.2, -0.15) is 0 Å². The minimum absolute atomic E-state index is 0.000893. The highest BCUT2D eigenvalue weighted by molar-refractivity contribution is 5.92. The number of carbonyl (C=O) groups excluding carboxylic acids is 1. The van der Waals surface area contributed by atoms with Crippen molar-refractivity contribution in [3.63, 3.8) is 0 Å². The predicted molar refractivity (Wildman–Crippen MR) is 119 cm³/mol. The minimum atomic E-state index is -0.370. The van der Waals surface area contributed by atoms with Crippen LogP contribution in [0.5, 0.6) is 11.5 Å². The lowest BCUT2D eigenvalue weighted by Gasteiger charge is -2.54. The van der Waals surface area contributed by atoms with Gasteiger partial charge in [0.25, 0.3) is 5.91 Å². The zero-order valence-corrected chi connectivity index (χ0v) is 19.0. The van der Waals surface area contributed by atoms with E-state index in [1.807, 2.05) is 24.0 Å². The maximum absolute atomic E-state index is 12.8. The molecule has 7 heteroatoms. The molecule has 2 aromatic rings. The van der Waals surface area contributed by atoms with Crippen LogP contribution in [0, 0.1) is 11.3 Å². The molecule has 1 aromatic carbocycles. The molecule has 32 heavy (non-hydrogen) atoms. The van der Waals surface area contributed by atoms with Gasteiger partial charge in [-0.15, -0.1) is 0 Å². The third kappa shape index (κ3) is 3.62. The summed E-state index contributed by atoms with van der Waals surface area (Å²) in [6.07, 6.45) is 7.55. The molecule has 1 spiro atoms. The summed E-state index contributed by atoms with van der Waals surface area (Å²) in [6.45, 7) is 9.03. The summed E-state index contributed by atoms with van der Waals surface area (Å²) in [5.41, 5.74) is 1.19. The molecule has 2 atom stereocenters. The third-order valence-corrected chi connectivity index (χ3v) is 7.35. The Bertz CT molecular complexity index is 986. The Kier molecular flexibility index (Phi) is 5.32. The minimum Gasteiger partial charge on any atom is -0.490 e. The van der Waals surface area contributed by atoms with Gasteiger partial charge in [0, 0.05) is 37.0 Å². The van der Waals surface area contributed by atoms with Gasteiger partial charge in [0.15, 0.2) is 11.5 Å². The average molecular weight is 438 g/mol. The molecule has 1 amide bonds. The van der Waals surface area contributed by atoms with E-state index < -0.39 is 0 Å². The molecule has 1 aromatic heterocycles. The van der Waals surface area contributed by atoms with Crippen molar-refractivity contribution in [3.8, 4) is 11.5 Å². The molecule has 2 fully saturated rings. The van der Waals surface area contributed by atoms with Crippen LogP contribution in [0.25, 0.3) is 0 Å². The molecule has 0 aliphatic carbocycles. The standard InChI is InChI=1S/C25H31N3O4/c1-4-30-20-7-5-6-17-21-18(24(2,3)32-22(17)20)14-25(16-31-21)8-12-28(13-9-25)23(29)19-15-26-10-11-27-19/h5-7,10-11,15,18,21H,4,8-9,12-14,16H2,1-3H3/t18-,21+/m0/s1. The van der Waals surface area contributed by atoms with Crippen molar-refractivity contribution < 1.29 is 19.0 Å². The zero-order chi connectivity index (χ0) is 22.3. The van der Waals surface area contributed by atoms with Crippen LogP contribution in [0.2, 0.25) is 0 Å². The second-order valence-electron chi connectivity index (χ2n) is 9.74. The van der Waals surface area contributed by atoms with Crippen LogP contribution in [-0.2, 0) is 4.74 Å². The first-order chi connectivity index (χ1) is 15.4. The molecule has 0 N–H and O–H groups in total. The summed E-state index contributed by atoms with van der Waals surface area (Å²) >= 11 is 0. The molecule has 0 radical (unpaired) electrons. The van der Waals surface area contributed by atoms with E-state index in [9.17, 15) is 4.79 Å². The van der Waals surface area contributed by atoms with E-state index in [-0.39, 0.29) is 28.9 Å². The van der Waals surface area contributed by atoms with Gasteiger partial charge in [0.05, 0.1) is 25.5 Å². The second-order valence-corrected chi connectivity index (χ2v) is 9.74. The molecule has 170 valence electrons. The highest BCUT2D eigenvalue weighted by Gasteiger charge is 2.53. The van der Waals surface area contributed by atoms with E-state index in [0.29, 0.717) is 32.0 Å². The Hall–Kier alpha value is -2.67. The molecule has 7 nitrogen and oxygen atoms in total. The Balaban J connectivity index is 1.33. The van der Waals surface area contributed by atoms with Crippen molar-refractivity contribution in [2.45, 2.75) is 51.7 Å². The summed E-state index contributed by atoms with van der Waals surface area (Å²) < 4.78 is 19.0. The van der Waals surface area contributed by atoms with Crippen LogP contribution in [0.3, 0.4) is 0 Å². The van der Waals surface area contributed by atoms with E-state index in [1.165, 1.54) is 6.20 Å². The van der Waals surface area contributed by atoms with Crippen LogP contribution in [0.1, 0.15) is 62.2 Å². The van der Waals surface area contributed by atoms with Gasteiger partial charge in [-0.1, -0.05) is 12.1 Å². The summed E-state index contributed by atoms with van der Waals surface area (Å²) in [6, 6.07) is 6.09. The predicted octanol–water partition coefficient (Wildman–Crippen LogP) is 4.05. The number of hydrogen-bond donors (Lipinski definition) is 0. The smallest absolute Gasteiger partial charge is 0.274 e. The first kappa shape index (κ1) is 21.2. The number of nitrogens with zero attached hydrogens (tertiary/aromatic N) is 3. The van der Waals surface area contributed by atoms with E-state index in [4.69, 9.17) is 14.2 Å². The van der Waals surface area contributed by atoms with E-state index in [0.717, 1.165) is 36.3 Å². The molecule has 0 saturated carbocycles. The van der Waals surface area contributed by atoms with Crippen molar-refractivity contribution in [1.29, 1.82) is 0 Å². The van der Waals surface area contributed by atoms with E-state index in [2.05, 4.69) is 29.9 Å². The molecule has 0 unspecified atom stereocenters. The average Bonchev–Trinajstić information content (AvgIpc) is 2.81. The number of hydrogen-bond acceptors (Lipinski definition) is 6. The number of likely N-dealkylation sites (tertiary alicyclic amines) is 1. The normalized spacial score (nSPS) is 25.4. The molecule has 3 aliphatic rings. The lowest BCUT2D eigenvalue weighted by molar-refractivity contribution is -0.173. The Labute approximate surface area is 189 Å². The quantitative estimate of drug-likeness (QED) is 0.721. The van der Waals surface area contributed by atoms with Crippen molar-refractivity contribution in [1.82, 2.24) is 14.9 Å². The SMILES string of the molecule is CCOc1cccc2c1OC(C)(C)[C@H]1CC3(CCN(C(=O)c4cnccn4)CC3)CO[C@H]21. The summed E-state index contributed by atoms with van der Waals surface area (Å²) in [7, 11) is 0. The second kappa shape index (κ2) is 8.03. The van der Waals surface area contributed by atoms with Gasteiger partial charge in [-0.3, -0.25) is 9.78 Å². The lowest BCUT2D eigenvalue weighted by atomic mass is 9.64. The van der Waals surface area contributed by atoms with Crippen LogP contribution in [-0.4, -0.2) is 52.7 Å². The number of rotatable bonds is 3. The first-order valence-corrected chi connectivity index (χ1v) is 11.5. The molecule has 3 aliphatic heterocycles. The molecule has 0 bridgehead atoms. The van der Waals surface area contributed by atoms with Crippen LogP contribution >= 0.6 is 0 Å². The Morgan fingerprint density at radius 2 is 2.06 bits per heavy atom. The highest BCUT2D eigenvalue weighted by atomic mass is 16.5. The van der Waals surface area contributed by atoms with Gasteiger partial charge >= 0.3 is 0 Å². The number of para-hydroxylation sites is 1. The van der Waals surface area contributed by atoms with Gasteiger partial charge in [0.1, 0.15) is 11.3 Å². The lowest BCUT2D eigenvalue weighted by Crippen LogP contribution is -2.54. The number of amides is 1. The monoisotopic (exact) mass is 437 g/mol. The van der Waals surface area contributed by atoms with E-state index in [1.54, 1.807) is 12.4 Å². The number of aromatic nitrogens is 2. The van der Waals surface area contributed by atoms with Crippen molar-refractivity contribution >= 4 is 5.91 Å². The fraction of sp³-hybridized carbons (Fsp3) is 0.560. The fourth-order valence-corrected chi connectivity index (χ4v) is 5.51. The summed E-state index contributed by atoms with van der Waals surface area (Å²) in [5.74, 6) is 1.81. The first-order valence-electron chi connectivity index (χ1n) is 11.5. The molecule has 4 heterocycles. The molecular weight excluding hydrogens is 406 g/mol. The van der Waals surface area contributed by atoms with Crippen LogP contribution in [0.4, 0.5) is 0 Å². The fourth-order valence-electron chi connectivity index (χ4n) is 5.51. The number of fused-ring (bicyclic) bond motifs is 3. The number of piperidine rings is 1. The molecular formula is C25H31N3O4. The van der Waals surface area contributed by atoms with Gasteiger partial charge in [-0.25, -0.2) is 4.98 Å². The number of ether oxygens (including phenoxy) is 3. The Morgan fingerprint density at radius 1 is 1.25 bits per heavy atom. The van der Waals surface area contributed by atoms with E-state index >= 15 is 0 Å². The number of carbonyl (C=O) groups is 1. The maximum atomic E-state index is 12.8. The topological polar surface area (TPSA) is 73.8 Å². The maximum Gasteiger partial charge on any atom is 0.274 e. The summed E-state index contributed by atoms with van der Waals surface area (Å²) in [4.78, 5) is 22.9. The Morgan fingerprint density at radius 3 is 2.78 bits per heavy atom. The molecule has 5 rings (SSSR count). The van der Waals surface area contributed by atoms with Crippen LogP contribution in [0.15, 0.2) is 36.8 Å². The van der Waals surface area contributed by atoms with Crippen molar-refractivity contribution in [3.05, 3.63) is 48.0 Å².